The van der Waals surface area contributed by atoms with E-state index in [-0.39, 0.29) is 22.0 Å². The Morgan fingerprint density at radius 3 is 1.08 bits per heavy atom. The lowest BCUT2D eigenvalue weighted by Crippen LogP contribution is -2.45. The molecule has 0 aliphatic heterocycles. The molecule has 0 heterocycles. The molecule has 2 nitrogen and oxygen atoms in total. The SMILES string of the molecule is CC(C)(C)CC1(OOC2(CC(C)(C)C)CCCCC2)CCCCC1. The summed E-state index contributed by atoms with van der Waals surface area (Å²) in [5.41, 5.74) is 0.451. The minimum absolute atomic E-state index is 0.0567. The van der Waals surface area contributed by atoms with Gasteiger partial charge in [-0.15, -0.1) is 0 Å². The molecule has 0 amide bonds. The molecule has 142 valence electrons. The molecule has 2 aliphatic rings. The van der Waals surface area contributed by atoms with Gasteiger partial charge in [-0.25, -0.2) is 9.78 Å². The third kappa shape index (κ3) is 6.33. The Balaban J connectivity index is 2.09. The highest BCUT2D eigenvalue weighted by Gasteiger charge is 2.43. The monoisotopic (exact) mass is 338 g/mol. The van der Waals surface area contributed by atoms with Crippen molar-refractivity contribution < 1.29 is 9.78 Å². The molecule has 0 saturated heterocycles. The van der Waals surface area contributed by atoms with E-state index in [0.717, 1.165) is 38.5 Å². The zero-order valence-electron chi connectivity index (χ0n) is 17.3. The molecule has 2 heteroatoms. The molecule has 2 rings (SSSR count). The first kappa shape index (κ1) is 20.2. The van der Waals surface area contributed by atoms with Gasteiger partial charge in [0.25, 0.3) is 0 Å². The summed E-state index contributed by atoms with van der Waals surface area (Å²) in [6.45, 7) is 14.0. The van der Waals surface area contributed by atoms with Crippen molar-refractivity contribution in [3.05, 3.63) is 0 Å². The molecular formula is C22H42O2. The van der Waals surface area contributed by atoms with Crippen LogP contribution in [0.5, 0.6) is 0 Å². The Labute approximate surface area is 151 Å². The van der Waals surface area contributed by atoms with Crippen LogP contribution in [0, 0.1) is 10.8 Å². The van der Waals surface area contributed by atoms with Gasteiger partial charge in [0.1, 0.15) is 11.2 Å². The van der Waals surface area contributed by atoms with Crippen LogP contribution in [-0.2, 0) is 9.78 Å². The predicted octanol–water partition coefficient (Wildman–Crippen LogP) is 7.21. The summed E-state index contributed by atoms with van der Waals surface area (Å²) < 4.78 is 0. The molecule has 2 fully saturated rings. The van der Waals surface area contributed by atoms with Crippen molar-refractivity contribution in [3.63, 3.8) is 0 Å². The molecule has 0 radical (unpaired) electrons. The molecule has 0 aromatic rings. The molecule has 0 unspecified atom stereocenters. The van der Waals surface area contributed by atoms with E-state index in [0.29, 0.717) is 0 Å². The van der Waals surface area contributed by atoms with Crippen molar-refractivity contribution in [1.82, 2.24) is 0 Å². The summed E-state index contributed by atoms with van der Waals surface area (Å²) in [5.74, 6) is 0. The zero-order valence-corrected chi connectivity index (χ0v) is 17.3. The van der Waals surface area contributed by atoms with Gasteiger partial charge in [0, 0.05) is 0 Å². The summed E-state index contributed by atoms with van der Waals surface area (Å²) in [6, 6.07) is 0. The topological polar surface area (TPSA) is 18.5 Å². The lowest BCUT2D eigenvalue weighted by Gasteiger charge is -2.45. The van der Waals surface area contributed by atoms with E-state index in [1.165, 1.54) is 38.5 Å². The van der Waals surface area contributed by atoms with Crippen LogP contribution in [-0.4, -0.2) is 11.2 Å². The Hall–Kier alpha value is -0.0800. The van der Waals surface area contributed by atoms with E-state index in [1.807, 2.05) is 0 Å². The average molecular weight is 339 g/mol. The van der Waals surface area contributed by atoms with Crippen LogP contribution in [0.2, 0.25) is 0 Å². The van der Waals surface area contributed by atoms with Crippen molar-refractivity contribution in [2.24, 2.45) is 10.8 Å². The minimum Gasteiger partial charge on any atom is -0.229 e. The second kappa shape index (κ2) is 7.66. The maximum absolute atomic E-state index is 6.44. The van der Waals surface area contributed by atoms with Crippen molar-refractivity contribution in [1.29, 1.82) is 0 Å². The second-order valence-electron chi connectivity index (χ2n) is 11.1. The quantitative estimate of drug-likeness (QED) is 0.389. The third-order valence-corrected chi connectivity index (χ3v) is 5.63. The van der Waals surface area contributed by atoms with E-state index >= 15 is 0 Å². The van der Waals surface area contributed by atoms with E-state index in [4.69, 9.17) is 9.78 Å². The fourth-order valence-electron chi connectivity index (χ4n) is 5.08. The van der Waals surface area contributed by atoms with Gasteiger partial charge in [0.05, 0.1) is 0 Å². The summed E-state index contributed by atoms with van der Waals surface area (Å²) in [7, 11) is 0. The molecule has 0 aromatic heterocycles. The number of hydrogen-bond donors (Lipinski definition) is 0. The van der Waals surface area contributed by atoms with Gasteiger partial charge in [-0.2, -0.15) is 0 Å². The molecule has 0 spiro atoms. The van der Waals surface area contributed by atoms with E-state index < -0.39 is 0 Å². The Kier molecular flexibility index (Phi) is 6.46. The standard InChI is InChI=1S/C22H42O2/c1-19(2,3)17-21(13-9-7-10-14-21)23-24-22(18-20(4,5)6)15-11-8-12-16-22/h7-18H2,1-6H3. The Morgan fingerprint density at radius 2 is 0.833 bits per heavy atom. The van der Waals surface area contributed by atoms with Crippen LogP contribution in [0.25, 0.3) is 0 Å². The van der Waals surface area contributed by atoms with Gasteiger partial charge in [-0.3, -0.25) is 0 Å². The summed E-state index contributed by atoms with van der Waals surface area (Å²) in [6.07, 6.45) is 14.7. The van der Waals surface area contributed by atoms with E-state index in [2.05, 4.69) is 41.5 Å². The summed E-state index contributed by atoms with van der Waals surface area (Å²) >= 11 is 0. The van der Waals surface area contributed by atoms with Crippen LogP contribution < -0.4 is 0 Å². The lowest BCUT2D eigenvalue weighted by atomic mass is 9.73. The van der Waals surface area contributed by atoms with Gasteiger partial charge in [-0.05, 0) is 49.4 Å². The van der Waals surface area contributed by atoms with Crippen molar-refractivity contribution in [3.8, 4) is 0 Å². The molecule has 24 heavy (non-hydrogen) atoms. The normalized spacial score (nSPS) is 24.8. The van der Waals surface area contributed by atoms with Gasteiger partial charge in [-0.1, -0.05) is 80.1 Å². The van der Waals surface area contributed by atoms with Gasteiger partial charge >= 0.3 is 0 Å². The molecule has 2 saturated carbocycles. The predicted molar refractivity (Wildman–Crippen MR) is 102 cm³/mol. The maximum Gasteiger partial charge on any atom is 0.104 e. The average Bonchev–Trinajstić information content (AvgIpc) is 2.44. The van der Waals surface area contributed by atoms with Crippen molar-refractivity contribution >= 4 is 0 Å². The highest BCUT2D eigenvalue weighted by molar-refractivity contribution is 4.90. The number of rotatable bonds is 5. The van der Waals surface area contributed by atoms with Crippen LogP contribution in [0.15, 0.2) is 0 Å². The molecule has 0 atom stereocenters. The summed E-state index contributed by atoms with van der Waals surface area (Å²) in [5, 5.41) is 0. The summed E-state index contributed by atoms with van der Waals surface area (Å²) in [4.78, 5) is 12.9. The highest BCUT2D eigenvalue weighted by Crippen LogP contribution is 2.45. The maximum atomic E-state index is 6.44. The molecule has 0 N–H and O–H groups in total. The van der Waals surface area contributed by atoms with Crippen LogP contribution in [0.4, 0.5) is 0 Å². The highest BCUT2D eigenvalue weighted by atomic mass is 17.2. The van der Waals surface area contributed by atoms with E-state index in [9.17, 15) is 0 Å². The Bertz CT molecular complexity index is 336. The van der Waals surface area contributed by atoms with Gasteiger partial charge in [0.15, 0.2) is 0 Å². The van der Waals surface area contributed by atoms with Crippen molar-refractivity contribution in [2.75, 3.05) is 0 Å². The van der Waals surface area contributed by atoms with Gasteiger partial charge < -0.3 is 0 Å². The third-order valence-electron chi connectivity index (χ3n) is 5.63. The first-order valence-electron chi connectivity index (χ1n) is 10.4. The molecule has 0 bridgehead atoms. The zero-order chi connectivity index (χ0) is 17.9. The van der Waals surface area contributed by atoms with E-state index in [1.54, 1.807) is 0 Å². The second-order valence-corrected chi connectivity index (χ2v) is 11.1. The lowest BCUT2D eigenvalue weighted by molar-refractivity contribution is -0.430. The fourth-order valence-corrected chi connectivity index (χ4v) is 5.08. The number of hydrogen-bond acceptors (Lipinski definition) is 2. The largest absolute Gasteiger partial charge is 0.229 e. The smallest absolute Gasteiger partial charge is 0.104 e. The Morgan fingerprint density at radius 1 is 0.542 bits per heavy atom. The molecule has 0 aromatic carbocycles. The van der Waals surface area contributed by atoms with Crippen LogP contribution in [0.3, 0.4) is 0 Å². The molecule has 2 aliphatic carbocycles. The van der Waals surface area contributed by atoms with Crippen molar-refractivity contribution in [2.45, 2.75) is 130 Å². The first-order chi connectivity index (χ1) is 11.0. The van der Waals surface area contributed by atoms with Gasteiger partial charge in [0.2, 0.25) is 0 Å². The fraction of sp³-hybridized carbons (Fsp3) is 1.00. The van der Waals surface area contributed by atoms with Crippen LogP contribution in [0.1, 0.15) is 119 Å². The molecular weight excluding hydrogens is 296 g/mol. The minimum atomic E-state index is -0.0567. The van der Waals surface area contributed by atoms with Crippen LogP contribution >= 0.6 is 0 Å². The first-order valence-corrected chi connectivity index (χ1v) is 10.4.